The van der Waals surface area contributed by atoms with Gasteiger partial charge in [-0.15, -0.1) is 0 Å². The van der Waals surface area contributed by atoms with Crippen LogP contribution in [0.3, 0.4) is 0 Å². The first-order valence-electron chi connectivity index (χ1n) is 9.83. The van der Waals surface area contributed by atoms with E-state index in [1.54, 1.807) is 20.8 Å². The molecule has 1 fully saturated rings. The molecule has 1 aliphatic heterocycles. The van der Waals surface area contributed by atoms with Gasteiger partial charge in [-0.2, -0.15) is 0 Å². The maximum Gasteiger partial charge on any atom is 0.410 e. The number of nitrogens with zero attached hydrogens (tertiary/aromatic N) is 2. The summed E-state index contributed by atoms with van der Waals surface area (Å²) in [5, 5.41) is 0. The van der Waals surface area contributed by atoms with Gasteiger partial charge in [-0.05, 0) is 38.0 Å². The molecule has 162 valence electrons. The molecule has 0 aliphatic carbocycles. The summed E-state index contributed by atoms with van der Waals surface area (Å²) >= 11 is 0. The molecule has 0 bridgehead atoms. The fourth-order valence-corrected chi connectivity index (χ4v) is 3.27. The van der Waals surface area contributed by atoms with Crippen molar-refractivity contribution in [3.05, 3.63) is 53.7 Å². The maximum atomic E-state index is 14.7. The molecule has 0 spiro atoms. The summed E-state index contributed by atoms with van der Waals surface area (Å²) in [5.74, 6) is -4.03. The Labute approximate surface area is 175 Å². The van der Waals surface area contributed by atoms with Crippen molar-refractivity contribution in [2.45, 2.75) is 51.2 Å². The second kappa shape index (κ2) is 8.45. The highest BCUT2D eigenvalue weighted by Crippen LogP contribution is 2.41. The Kier molecular flexibility index (Phi) is 6.14. The van der Waals surface area contributed by atoms with Gasteiger partial charge in [0.05, 0.1) is 11.6 Å². The number of piperidine rings is 1. The summed E-state index contributed by atoms with van der Waals surface area (Å²) in [6, 6.07) is 10.9. The molecule has 3 rings (SSSR count). The smallest absolute Gasteiger partial charge is 0.410 e. The normalized spacial score (nSPS) is 18.7. The zero-order chi connectivity index (χ0) is 21.9. The van der Waals surface area contributed by atoms with Crippen molar-refractivity contribution in [2.75, 3.05) is 18.8 Å². The Morgan fingerprint density at radius 1 is 1.30 bits per heavy atom. The van der Waals surface area contributed by atoms with E-state index in [1.165, 1.54) is 17.2 Å². The number of hydrogen-bond acceptors (Lipinski definition) is 5. The lowest BCUT2D eigenvalue weighted by molar-refractivity contribution is -0.0771. The number of pyridine rings is 1. The van der Waals surface area contributed by atoms with Crippen molar-refractivity contribution >= 4 is 11.8 Å². The van der Waals surface area contributed by atoms with Gasteiger partial charge in [-0.3, -0.25) is 0 Å². The van der Waals surface area contributed by atoms with Gasteiger partial charge in [0.15, 0.2) is 0 Å². The van der Waals surface area contributed by atoms with Crippen LogP contribution in [0.2, 0.25) is 0 Å². The summed E-state index contributed by atoms with van der Waals surface area (Å²) in [6.07, 6.45) is 0.281. The van der Waals surface area contributed by atoms with Gasteiger partial charge in [0.2, 0.25) is 5.88 Å². The minimum absolute atomic E-state index is 0.0698. The van der Waals surface area contributed by atoms with Crippen molar-refractivity contribution < 1.29 is 23.0 Å². The molecule has 1 amide bonds. The molecular formula is C22H27F2N3O3. The molecule has 1 atom stereocenters. The van der Waals surface area contributed by atoms with Crippen molar-refractivity contribution in [3.63, 3.8) is 0 Å². The zero-order valence-electron chi connectivity index (χ0n) is 17.4. The summed E-state index contributed by atoms with van der Waals surface area (Å²) in [4.78, 5) is 17.8. The molecule has 2 N–H and O–H groups in total. The molecule has 2 heterocycles. The third-order valence-electron chi connectivity index (χ3n) is 4.80. The first-order valence-corrected chi connectivity index (χ1v) is 9.83. The number of hydrogen-bond donors (Lipinski definition) is 1. The molecule has 30 heavy (non-hydrogen) atoms. The highest BCUT2D eigenvalue weighted by atomic mass is 19.3. The number of ether oxygens (including phenoxy) is 2. The Hall–Kier alpha value is -2.90. The Morgan fingerprint density at radius 3 is 2.63 bits per heavy atom. The summed E-state index contributed by atoms with van der Waals surface area (Å²) in [7, 11) is 0. The van der Waals surface area contributed by atoms with E-state index >= 15 is 0 Å². The number of halogens is 2. The van der Waals surface area contributed by atoms with Gasteiger partial charge in [0.25, 0.3) is 5.92 Å². The SMILES string of the molecule is CC(C)(C)OC(=O)N1CCC(F)(F)[C@@H](c2cnc(OCc3ccccc3)c(N)c2)C1. The maximum absolute atomic E-state index is 14.7. The molecule has 6 nitrogen and oxygen atoms in total. The number of anilines is 1. The van der Waals surface area contributed by atoms with Gasteiger partial charge in [0.1, 0.15) is 12.2 Å². The van der Waals surface area contributed by atoms with E-state index in [-0.39, 0.29) is 36.8 Å². The van der Waals surface area contributed by atoms with E-state index < -0.39 is 30.0 Å². The standard InChI is InChI=1S/C22H27F2N3O3/c1-21(2,3)30-20(28)27-10-9-22(23,24)17(13-27)16-11-18(25)19(26-12-16)29-14-15-7-5-4-6-8-15/h4-8,11-12,17H,9-10,13-14,25H2,1-3H3/t17-/m1/s1. The predicted octanol–water partition coefficient (Wildman–Crippen LogP) is 4.60. The van der Waals surface area contributed by atoms with E-state index in [4.69, 9.17) is 15.2 Å². The van der Waals surface area contributed by atoms with E-state index in [2.05, 4.69) is 4.98 Å². The molecule has 1 saturated heterocycles. The summed E-state index contributed by atoms with van der Waals surface area (Å²) in [5.41, 5.74) is 6.70. The second-order valence-corrected chi connectivity index (χ2v) is 8.43. The molecule has 0 saturated carbocycles. The average Bonchev–Trinajstić information content (AvgIpc) is 2.66. The van der Waals surface area contributed by atoms with Crippen LogP contribution in [0, 0.1) is 0 Å². The number of nitrogen functional groups attached to an aromatic ring is 1. The lowest BCUT2D eigenvalue weighted by Crippen LogP contribution is -2.49. The number of benzene rings is 1. The average molecular weight is 419 g/mol. The summed E-state index contributed by atoms with van der Waals surface area (Å²) < 4.78 is 40.3. The number of carbonyl (C=O) groups excluding carboxylic acids is 1. The van der Waals surface area contributed by atoms with Crippen LogP contribution in [0.1, 0.15) is 44.2 Å². The van der Waals surface area contributed by atoms with Crippen LogP contribution in [0.5, 0.6) is 5.88 Å². The minimum atomic E-state index is -2.99. The number of alkyl halides is 2. The van der Waals surface area contributed by atoms with Crippen LogP contribution in [0.25, 0.3) is 0 Å². The minimum Gasteiger partial charge on any atom is -0.471 e. The topological polar surface area (TPSA) is 77.7 Å². The Morgan fingerprint density at radius 2 is 2.00 bits per heavy atom. The molecule has 1 aromatic carbocycles. The largest absolute Gasteiger partial charge is 0.471 e. The van der Waals surface area contributed by atoms with E-state index in [0.29, 0.717) is 0 Å². The number of carbonyl (C=O) groups is 1. The fourth-order valence-electron chi connectivity index (χ4n) is 3.27. The number of likely N-dealkylation sites (tertiary alicyclic amines) is 1. The molecule has 8 heteroatoms. The number of nitrogens with two attached hydrogens (primary N) is 1. The van der Waals surface area contributed by atoms with Gasteiger partial charge >= 0.3 is 6.09 Å². The van der Waals surface area contributed by atoms with Crippen molar-refractivity contribution in [1.82, 2.24) is 9.88 Å². The lowest BCUT2D eigenvalue weighted by atomic mass is 9.88. The molecule has 1 aliphatic rings. The van der Waals surface area contributed by atoms with Crippen LogP contribution in [0.4, 0.5) is 19.3 Å². The molecular weight excluding hydrogens is 392 g/mol. The van der Waals surface area contributed by atoms with Crippen molar-refractivity contribution in [2.24, 2.45) is 0 Å². The third kappa shape index (κ3) is 5.37. The third-order valence-corrected chi connectivity index (χ3v) is 4.80. The first-order chi connectivity index (χ1) is 14.0. The fraction of sp³-hybridized carbons (Fsp3) is 0.455. The number of aromatic nitrogens is 1. The van der Waals surface area contributed by atoms with Crippen LogP contribution >= 0.6 is 0 Å². The van der Waals surface area contributed by atoms with Gasteiger partial charge in [0, 0.05) is 25.7 Å². The molecule has 2 aromatic rings. The monoisotopic (exact) mass is 419 g/mol. The molecule has 0 radical (unpaired) electrons. The van der Waals surface area contributed by atoms with Gasteiger partial charge in [-0.25, -0.2) is 18.6 Å². The van der Waals surface area contributed by atoms with E-state index in [9.17, 15) is 13.6 Å². The zero-order valence-corrected chi connectivity index (χ0v) is 17.4. The Balaban J connectivity index is 1.73. The van der Waals surface area contributed by atoms with Crippen molar-refractivity contribution in [3.8, 4) is 5.88 Å². The first kappa shape index (κ1) is 21.8. The molecule has 1 aromatic heterocycles. The second-order valence-electron chi connectivity index (χ2n) is 8.43. The highest BCUT2D eigenvalue weighted by Gasteiger charge is 2.47. The van der Waals surface area contributed by atoms with E-state index in [0.717, 1.165) is 5.56 Å². The van der Waals surface area contributed by atoms with Crippen LogP contribution in [-0.4, -0.2) is 40.6 Å². The lowest BCUT2D eigenvalue weighted by Gasteiger charge is -2.39. The van der Waals surface area contributed by atoms with Crippen molar-refractivity contribution in [1.29, 1.82) is 0 Å². The Bertz CT molecular complexity index is 885. The van der Waals surface area contributed by atoms with Crippen LogP contribution in [0.15, 0.2) is 42.6 Å². The summed E-state index contributed by atoms with van der Waals surface area (Å²) in [6.45, 7) is 5.23. The quantitative estimate of drug-likeness (QED) is 0.784. The van der Waals surface area contributed by atoms with E-state index in [1.807, 2.05) is 30.3 Å². The number of rotatable bonds is 4. The predicted molar refractivity (Wildman–Crippen MR) is 110 cm³/mol. The highest BCUT2D eigenvalue weighted by molar-refractivity contribution is 5.68. The number of amides is 1. The molecule has 0 unspecified atom stereocenters. The van der Waals surface area contributed by atoms with Crippen LogP contribution in [-0.2, 0) is 11.3 Å². The van der Waals surface area contributed by atoms with Gasteiger partial charge in [-0.1, -0.05) is 30.3 Å². The van der Waals surface area contributed by atoms with Gasteiger partial charge < -0.3 is 20.1 Å². The van der Waals surface area contributed by atoms with Crippen LogP contribution < -0.4 is 10.5 Å².